The number of thiazole rings is 1. The summed E-state index contributed by atoms with van der Waals surface area (Å²) < 4.78 is 37.5. The quantitative estimate of drug-likeness (QED) is 0.0435. The third kappa shape index (κ3) is 14.6. The highest BCUT2D eigenvalue weighted by Crippen LogP contribution is 2.33. The summed E-state index contributed by atoms with van der Waals surface area (Å²) in [6, 6.07) is 20.4. The molecule has 21 heteroatoms. The first-order valence-electron chi connectivity index (χ1n) is 25.0. The van der Waals surface area contributed by atoms with Gasteiger partial charge in [-0.15, -0.1) is 11.3 Å². The minimum Gasteiger partial charge on any atom is -0.391 e. The molecule has 4 atom stereocenters. The Morgan fingerprint density at radius 2 is 1.57 bits per heavy atom. The monoisotopic (exact) mass is 1070 g/mol. The molecule has 3 aromatic carbocycles. The van der Waals surface area contributed by atoms with Crippen molar-refractivity contribution in [3.8, 4) is 10.4 Å². The van der Waals surface area contributed by atoms with E-state index in [-0.39, 0.29) is 59.6 Å². The van der Waals surface area contributed by atoms with Gasteiger partial charge in [-0.05, 0) is 80.6 Å². The highest BCUT2D eigenvalue weighted by Gasteiger charge is 2.44. The number of aryl methyl sites for hydroxylation is 1. The van der Waals surface area contributed by atoms with Crippen LogP contribution < -0.4 is 26.2 Å². The molecule has 0 bridgehead atoms. The summed E-state index contributed by atoms with van der Waals surface area (Å²) in [5.74, 6) is -0.562. The number of amides is 3. The van der Waals surface area contributed by atoms with E-state index in [1.54, 1.807) is 49.4 Å². The molecule has 18 nitrogen and oxygen atoms in total. The highest BCUT2D eigenvalue weighted by atomic mass is 35.5. The Balaban J connectivity index is 0.779. The second kappa shape index (κ2) is 25.2. The Morgan fingerprint density at radius 1 is 0.878 bits per heavy atom. The summed E-state index contributed by atoms with van der Waals surface area (Å²) in [4.78, 5) is 61.4. The number of hydrogen-bond acceptors (Lipinski definition) is 16. The van der Waals surface area contributed by atoms with E-state index in [0.717, 1.165) is 65.8 Å². The molecule has 5 N–H and O–H groups in total. The van der Waals surface area contributed by atoms with Gasteiger partial charge in [0, 0.05) is 63.5 Å². The van der Waals surface area contributed by atoms with E-state index in [4.69, 9.17) is 21.1 Å². The first kappa shape index (κ1) is 56.0. The summed E-state index contributed by atoms with van der Waals surface area (Å²) in [5, 5.41) is 22.5. The fraction of sp³-hybridized carbons (Fsp3) is 0.472. The van der Waals surface area contributed by atoms with E-state index < -0.39 is 44.6 Å². The molecule has 0 radical (unpaired) electrons. The molecular formula is C53H69ClN10O8S2. The van der Waals surface area contributed by atoms with Crippen molar-refractivity contribution in [2.75, 3.05) is 81.2 Å². The number of nitrogens with zero attached hydrogens (tertiary/aromatic N) is 6. The highest BCUT2D eigenvalue weighted by molar-refractivity contribution is 7.92. The third-order valence-corrected chi connectivity index (χ3v) is 16.6. The maximum atomic E-state index is 14.1. The van der Waals surface area contributed by atoms with Crippen LogP contribution in [0.3, 0.4) is 0 Å². The van der Waals surface area contributed by atoms with Crippen LogP contribution in [0, 0.1) is 12.3 Å². The average Bonchev–Trinajstić information content (AvgIpc) is 4.00. The molecule has 74 heavy (non-hydrogen) atoms. The molecule has 0 aliphatic carbocycles. The number of aromatic nitrogens is 3. The third-order valence-electron chi connectivity index (χ3n) is 13.1. The Morgan fingerprint density at radius 3 is 2.23 bits per heavy atom. The van der Waals surface area contributed by atoms with Crippen LogP contribution in [0.1, 0.15) is 71.7 Å². The molecule has 7 rings (SSSR count). The summed E-state index contributed by atoms with van der Waals surface area (Å²) in [5.41, 5.74) is 6.29. The lowest BCUT2D eigenvalue weighted by molar-refractivity contribution is -0.144. The first-order chi connectivity index (χ1) is 35.3. The summed E-state index contributed by atoms with van der Waals surface area (Å²) in [6.07, 6.45) is 0.727. The fourth-order valence-corrected chi connectivity index (χ4v) is 10.9. The summed E-state index contributed by atoms with van der Waals surface area (Å²) >= 11 is 8.00. The van der Waals surface area contributed by atoms with Gasteiger partial charge in [0.2, 0.25) is 23.7 Å². The van der Waals surface area contributed by atoms with E-state index in [1.807, 2.05) is 88.7 Å². The molecule has 2 aliphatic rings. The van der Waals surface area contributed by atoms with Crippen LogP contribution in [0.2, 0.25) is 5.02 Å². The number of anilines is 5. The van der Waals surface area contributed by atoms with Gasteiger partial charge in [-0.2, -0.15) is 4.98 Å². The number of para-hydroxylation sites is 1. The summed E-state index contributed by atoms with van der Waals surface area (Å²) in [7, 11) is -3.56. The lowest BCUT2D eigenvalue weighted by Gasteiger charge is -2.36. The second-order valence-electron chi connectivity index (χ2n) is 20.0. The van der Waals surface area contributed by atoms with Gasteiger partial charge < -0.3 is 45.6 Å². The minimum absolute atomic E-state index is 0.00893. The first-order valence-corrected chi connectivity index (χ1v) is 27.8. The van der Waals surface area contributed by atoms with Gasteiger partial charge in [-0.1, -0.05) is 68.8 Å². The van der Waals surface area contributed by atoms with Crippen LogP contribution in [-0.2, 0) is 33.7 Å². The van der Waals surface area contributed by atoms with Crippen LogP contribution in [0.4, 0.5) is 28.8 Å². The number of ether oxygens (including phenoxy) is 2. The molecule has 2 aromatic heterocycles. The standard InChI is InChI=1S/C53H69ClN10O8S2/c1-34(2)74(69,70)45-11-9-8-10-43(45)59-49-42(54)31-55-52(61-49)58-39-16-18-40(19-17-39)63-23-21-62(22-24-63)25-27-72-29-28-71-26-20-46(66)60-48(53(5,6)7)51(68)64-32-41(65)30-44(64)50(67)57-35(3)37-12-14-38(15-13-37)47-36(4)56-33-73-47/h8-19,31,33-35,41,44,48,65H,20-30,32H2,1-7H3,(H,57,67)(H,60,66)(H2,55,58,59,61)/t35-,41+,44-,48+/m0/s1. The maximum absolute atomic E-state index is 14.1. The van der Waals surface area contributed by atoms with Crippen molar-refractivity contribution in [3.05, 3.63) is 101 Å². The van der Waals surface area contributed by atoms with Gasteiger partial charge in [-0.3, -0.25) is 19.3 Å². The average molecular weight is 1070 g/mol. The van der Waals surface area contributed by atoms with Crippen molar-refractivity contribution in [2.24, 2.45) is 5.41 Å². The molecule has 3 amide bonds. The number of aliphatic hydroxyl groups excluding tert-OH is 1. The van der Waals surface area contributed by atoms with Crippen LogP contribution in [-0.4, -0.2) is 145 Å². The number of carbonyl (C=O) groups is 3. The van der Waals surface area contributed by atoms with Crippen molar-refractivity contribution in [1.29, 1.82) is 0 Å². The van der Waals surface area contributed by atoms with Crippen molar-refractivity contribution in [1.82, 2.24) is 35.4 Å². The fourth-order valence-electron chi connectivity index (χ4n) is 8.76. The number of rotatable bonds is 22. The zero-order valence-electron chi connectivity index (χ0n) is 43.1. The van der Waals surface area contributed by atoms with E-state index in [1.165, 1.54) is 11.1 Å². The molecular weight excluding hydrogens is 1000 g/mol. The maximum Gasteiger partial charge on any atom is 0.246 e. The molecule has 4 heterocycles. The number of piperazine rings is 1. The van der Waals surface area contributed by atoms with Crippen molar-refractivity contribution in [3.63, 3.8) is 0 Å². The van der Waals surface area contributed by atoms with Gasteiger partial charge in [0.15, 0.2) is 15.7 Å². The van der Waals surface area contributed by atoms with Crippen molar-refractivity contribution < 1.29 is 37.4 Å². The van der Waals surface area contributed by atoms with E-state index in [2.05, 4.69) is 46.0 Å². The molecule has 398 valence electrons. The van der Waals surface area contributed by atoms with E-state index in [0.29, 0.717) is 31.5 Å². The lowest BCUT2D eigenvalue weighted by Crippen LogP contribution is -2.58. The number of nitrogens with one attached hydrogen (secondary N) is 4. The largest absolute Gasteiger partial charge is 0.391 e. The number of β-amino-alcohol motifs (C(OH)–C–C–N with tert-alkyl or cyclic N) is 1. The predicted molar refractivity (Wildman–Crippen MR) is 290 cm³/mol. The number of hydrogen-bond donors (Lipinski definition) is 5. The Bertz CT molecular complexity index is 2800. The van der Waals surface area contributed by atoms with Gasteiger partial charge in [0.1, 0.15) is 17.1 Å². The topological polar surface area (TPSA) is 221 Å². The van der Waals surface area contributed by atoms with E-state index >= 15 is 0 Å². The molecule has 0 saturated carbocycles. The van der Waals surface area contributed by atoms with Gasteiger partial charge in [0.05, 0.1) is 76.7 Å². The molecule has 5 aromatic rings. The van der Waals surface area contributed by atoms with Crippen LogP contribution >= 0.6 is 22.9 Å². The van der Waals surface area contributed by atoms with Gasteiger partial charge >= 0.3 is 0 Å². The molecule has 2 saturated heterocycles. The number of aliphatic hydroxyl groups is 1. The minimum atomic E-state index is -3.56. The summed E-state index contributed by atoms with van der Waals surface area (Å²) in [6.45, 7) is 18.3. The number of carbonyl (C=O) groups excluding carboxylic acids is 3. The Labute approximate surface area is 443 Å². The second-order valence-corrected chi connectivity index (χ2v) is 23.7. The smallest absolute Gasteiger partial charge is 0.246 e. The normalized spacial score (nSPS) is 17.3. The molecule has 0 spiro atoms. The Hall–Kier alpha value is -5.74. The number of sulfone groups is 1. The zero-order valence-corrected chi connectivity index (χ0v) is 45.5. The SMILES string of the molecule is Cc1ncsc1-c1ccc([C@H](C)NC(=O)[C@@H]2C[C@@H](O)CN2C(=O)[C@@H](NC(=O)CCOCCOCCN2CCN(c3ccc(Nc4ncc(Cl)c(Nc5ccccc5S(=O)(=O)C(C)C)n4)cc3)CC2)C(C)(C)C)cc1. The number of likely N-dealkylation sites (tertiary alicyclic amines) is 1. The predicted octanol–water partition coefficient (Wildman–Crippen LogP) is 7.15. The van der Waals surface area contributed by atoms with Crippen molar-refractivity contribution in [2.45, 2.75) is 95.7 Å². The molecule has 2 fully saturated rings. The Kier molecular flexibility index (Phi) is 19.1. The number of benzene rings is 3. The lowest BCUT2D eigenvalue weighted by atomic mass is 9.85. The molecule has 2 aliphatic heterocycles. The van der Waals surface area contributed by atoms with E-state index in [9.17, 15) is 27.9 Å². The van der Waals surface area contributed by atoms with Crippen LogP contribution in [0.15, 0.2) is 89.4 Å². The molecule has 0 unspecified atom stereocenters. The van der Waals surface area contributed by atoms with Crippen molar-refractivity contribution >= 4 is 79.3 Å². The van der Waals surface area contributed by atoms with Crippen LogP contribution in [0.25, 0.3) is 10.4 Å². The number of halogens is 1. The van der Waals surface area contributed by atoms with Gasteiger partial charge in [-0.25, -0.2) is 18.4 Å². The van der Waals surface area contributed by atoms with Crippen LogP contribution in [0.5, 0.6) is 0 Å². The van der Waals surface area contributed by atoms with Gasteiger partial charge in [0.25, 0.3) is 0 Å². The zero-order chi connectivity index (χ0) is 53.2.